The standard InChI is InChI=1S/C22H27NO7/c1-5-28-22(26)20-14(2)21(23-15(20)3)18(24)13-30-19(25)7-6-12-29-17-10-8-16(27-4)9-11-17/h8-11,23H,5-7,12-13H2,1-4H3. The first kappa shape index (κ1) is 23.0. The van der Waals surface area contributed by atoms with Gasteiger partial charge in [-0.3, -0.25) is 9.59 Å². The number of hydrogen-bond acceptors (Lipinski definition) is 7. The SMILES string of the molecule is CCOC(=O)c1c(C)[nH]c(C(=O)COC(=O)CCCOc2ccc(OC)cc2)c1C. The van der Waals surface area contributed by atoms with Crippen molar-refractivity contribution in [3.63, 3.8) is 0 Å². The number of ketones is 1. The van der Waals surface area contributed by atoms with Crippen molar-refractivity contribution >= 4 is 17.7 Å². The second kappa shape index (κ2) is 11.0. The fraction of sp³-hybridized carbons (Fsp3) is 0.409. The molecule has 0 unspecified atom stereocenters. The van der Waals surface area contributed by atoms with Crippen molar-refractivity contribution in [2.75, 3.05) is 26.9 Å². The zero-order valence-electron chi connectivity index (χ0n) is 17.7. The molecule has 0 aliphatic carbocycles. The third kappa shape index (κ3) is 6.10. The topological polar surface area (TPSA) is 104 Å². The van der Waals surface area contributed by atoms with Gasteiger partial charge in [-0.1, -0.05) is 0 Å². The summed E-state index contributed by atoms with van der Waals surface area (Å²) in [7, 11) is 1.59. The van der Waals surface area contributed by atoms with Crippen molar-refractivity contribution in [2.45, 2.75) is 33.6 Å². The Kier molecular flexibility index (Phi) is 8.46. The quantitative estimate of drug-likeness (QED) is 0.339. The monoisotopic (exact) mass is 417 g/mol. The van der Waals surface area contributed by atoms with Crippen LogP contribution in [-0.2, 0) is 14.3 Å². The van der Waals surface area contributed by atoms with E-state index >= 15 is 0 Å². The molecule has 1 N–H and O–H groups in total. The van der Waals surface area contributed by atoms with Crippen LogP contribution in [0.5, 0.6) is 11.5 Å². The molecule has 8 heteroatoms. The molecular formula is C22H27NO7. The second-order valence-corrected chi connectivity index (χ2v) is 6.56. The van der Waals surface area contributed by atoms with Crippen LogP contribution in [0.4, 0.5) is 0 Å². The van der Waals surface area contributed by atoms with Crippen LogP contribution in [-0.4, -0.2) is 49.6 Å². The zero-order valence-corrected chi connectivity index (χ0v) is 17.7. The van der Waals surface area contributed by atoms with Crippen molar-refractivity contribution in [1.29, 1.82) is 0 Å². The third-order valence-electron chi connectivity index (χ3n) is 4.41. The number of aryl methyl sites for hydroxylation is 1. The Morgan fingerprint density at radius 1 is 1.00 bits per heavy atom. The predicted molar refractivity (Wildman–Crippen MR) is 109 cm³/mol. The highest BCUT2D eigenvalue weighted by atomic mass is 16.5. The number of aromatic nitrogens is 1. The lowest BCUT2D eigenvalue weighted by atomic mass is 10.1. The van der Waals surface area contributed by atoms with Gasteiger partial charge in [0.05, 0.1) is 31.6 Å². The van der Waals surface area contributed by atoms with Gasteiger partial charge >= 0.3 is 11.9 Å². The van der Waals surface area contributed by atoms with Gasteiger partial charge in [0, 0.05) is 12.1 Å². The van der Waals surface area contributed by atoms with Crippen LogP contribution < -0.4 is 9.47 Å². The number of rotatable bonds is 11. The van der Waals surface area contributed by atoms with Gasteiger partial charge in [-0.05, 0) is 57.0 Å². The summed E-state index contributed by atoms with van der Waals surface area (Å²) in [6, 6.07) is 7.13. The zero-order chi connectivity index (χ0) is 22.1. The Labute approximate surface area is 175 Å². The Morgan fingerprint density at radius 3 is 2.30 bits per heavy atom. The highest BCUT2D eigenvalue weighted by molar-refractivity contribution is 6.02. The van der Waals surface area contributed by atoms with Crippen LogP contribution in [0, 0.1) is 13.8 Å². The Morgan fingerprint density at radius 2 is 1.67 bits per heavy atom. The molecule has 0 amide bonds. The summed E-state index contributed by atoms with van der Waals surface area (Å²) < 4.78 is 20.7. The van der Waals surface area contributed by atoms with E-state index in [1.165, 1.54) is 0 Å². The average molecular weight is 417 g/mol. The van der Waals surface area contributed by atoms with E-state index in [1.807, 2.05) is 0 Å². The first-order valence-corrected chi connectivity index (χ1v) is 9.69. The van der Waals surface area contributed by atoms with Crippen LogP contribution in [0.15, 0.2) is 24.3 Å². The van der Waals surface area contributed by atoms with Gasteiger partial charge in [0.25, 0.3) is 0 Å². The van der Waals surface area contributed by atoms with Gasteiger partial charge in [-0.25, -0.2) is 4.79 Å². The Hall–Kier alpha value is -3.29. The highest BCUT2D eigenvalue weighted by Gasteiger charge is 2.23. The fourth-order valence-corrected chi connectivity index (χ4v) is 2.91. The molecule has 0 radical (unpaired) electrons. The number of hydrogen-bond donors (Lipinski definition) is 1. The summed E-state index contributed by atoms with van der Waals surface area (Å²) in [6.45, 7) is 5.23. The maximum Gasteiger partial charge on any atom is 0.340 e. The number of Topliss-reactive ketones (excluding diaryl/α,β-unsaturated/α-hetero) is 1. The van der Waals surface area contributed by atoms with E-state index in [9.17, 15) is 14.4 Å². The lowest BCUT2D eigenvalue weighted by molar-refractivity contribution is -0.142. The number of aromatic amines is 1. The molecule has 30 heavy (non-hydrogen) atoms. The smallest absolute Gasteiger partial charge is 0.340 e. The molecule has 0 saturated heterocycles. The highest BCUT2D eigenvalue weighted by Crippen LogP contribution is 2.20. The van der Waals surface area contributed by atoms with Crippen LogP contribution in [0.25, 0.3) is 0 Å². The van der Waals surface area contributed by atoms with Gasteiger partial charge in [0.1, 0.15) is 11.5 Å². The molecule has 2 rings (SSSR count). The van der Waals surface area contributed by atoms with Crippen LogP contribution >= 0.6 is 0 Å². The summed E-state index contributed by atoms with van der Waals surface area (Å²) in [5.74, 6) is 0.0191. The summed E-state index contributed by atoms with van der Waals surface area (Å²) in [6.07, 6.45) is 0.576. The third-order valence-corrected chi connectivity index (χ3v) is 4.41. The molecule has 1 aromatic heterocycles. The molecule has 0 spiro atoms. The molecule has 1 heterocycles. The van der Waals surface area contributed by atoms with E-state index in [0.29, 0.717) is 35.6 Å². The van der Waals surface area contributed by atoms with E-state index in [0.717, 1.165) is 5.75 Å². The fourth-order valence-electron chi connectivity index (χ4n) is 2.91. The van der Waals surface area contributed by atoms with Crippen LogP contribution in [0.3, 0.4) is 0 Å². The minimum absolute atomic E-state index is 0.125. The van der Waals surface area contributed by atoms with Crippen molar-refractivity contribution in [1.82, 2.24) is 4.98 Å². The van der Waals surface area contributed by atoms with Crippen LogP contribution in [0.2, 0.25) is 0 Å². The molecule has 0 bridgehead atoms. The van der Waals surface area contributed by atoms with E-state index < -0.39 is 24.3 Å². The first-order chi connectivity index (χ1) is 14.4. The number of H-pyrrole nitrogens is 1. The summed E-state index contributed by atoms with van der Waals surface area (Å²) in [4.78, 5) is 39.2. The second-order valence-electron chi connectivity index (χ2n) is 6.56. The number of ether oxygens (including phenoxy) is 4. The number of carbonyl (C=O) groups is 3. The number of methoxy groups -OCH3 is 1. The van der Waals surface area contributed by atoms with Crippen molar-refractivity contribution in [3.8, 4) is 11.5 Å². The van der Waals surface area contributed by atoms with E-state index in [4.69, 9.17) is 18.9 Å². The summed E-state index contributed by atoms with van der Waals surface area (Å²) in [5.41, 5.74) is 1.60. The molecule has 8 nitrogen and oxygen atoms in total. The lowest BCUT2D eigenvalue weighted by Gasteiger charge is -2.07. The molecule has 0 aliphatic heterocycles. The number of nitrogens with one attached hydrogen (secondary N) is 1. The van der Waals surface area contributed by atoms with E-state index in [2.05, 4.69) is 4.98 Å². The molecule has 0 saturated carbocycles. The lowest BCUT2D eigenvalue weighted by Crippen LogP contribution is -2.16. The maximum atomic E-state index is 12.4. The Bertz CT molecular complexity index is 884. The van der Waals surface area contributed by atoms with Gasteiger partial charge in [-0.15, -0.1) is 0 Å². The van der Waals surface area contributed by atoms with Crippen molar-refractivity contribution < 1.29 is 33.3 Å². The largest absolute Gasteiger partial charge is 0.497 e. The summed E-state index contributed by atoms with van der Waals surface area (Å²) in [5, 5.41) is 0. The first-order valence-electron chi connectivity index (χ1n) is 9.69. The number of benzene rings is 1. The molecule has 1 aromatic carbocycles. The maximum absolute atomic E-state index is 12.4. The summed E-state index contributed by atoms with van der Waals surface area (Å²) >= 11 is 0. The van der Waals surface area contributed by atoms with Crippen molar-refractivity contribution in [3.05, 3.63) is 46.8 Å². The minimum atomic E-state index is -0.492. The number of carbonyl (C=O) groups excluding carboxylic acids is 3. The normalized spacial score (nSPS) is 10.4. The molecule has 162 valence electrons. The minimum Gasteiger partial charge on any atom is -0.497 e. The van der Waals surface area contributed by atoms with Gasteiger partial charge in [0.2, 0.25) is 5.78 Å². The van der Waals surface area contributed by atoms with Crippen LogP contribution in [0.1, 0.15) is 51.9 Å². The van der Waals surface area contributed by atoms with Gasteiger partial charge in [0.15, 0.2) is 6.61 Å². The average Bonchev–Trinajstić information content (AvgIpc) is 3.04. The van der Waals surface area contributed by atoms with Crippen molar-refractivity contribution in [2.24, 2.45) is 0 Å². The molecular weight excluding hydrogens is 390 g/mol. The Balaban J connectivity index is 1.77. The number of esters is 2. The van der Waals surface area contributed by atoms with E-state index in [-0.39, 0.29) is 18.7 Å². The molecule has 2 aromatic rings. The molecule has 0 atom stereocenters. The molecule has 0 aliphatic rings. The van der Waals surface area contributed by atoms with Gasteiger partial charge in [-0.2, -0.15) is 0 Å². The predicted octanol–water partition coefficient (Wildman–Crippen LogP) is 3.40. The van der Waals surface area contributed by atoms with Gasteiger partial charge < -0.3 is 23.9 Å². The molecule has 0 fully saturated rings. The van der Waals surface area contributed by atoms with E-state index in [1.54, 1.807) is 52.1 Å².